The first-order valence-corrected chi connectivity index (χ1v) is 7.69. The second-order valence-electron chi connectivity index (χ2n) is 5.15. The van der Waals surface area contributed by atoms with Crippen LogP contribution in [0.1, 0.15) is 37.9 Å². The van der Waals surface area contributed by atoms with Crippen molar-refractivity contribution in [2.24, 2.45) is 0 Å². The number of amides is 1. The number of nitrogens with zero attached hydrogens (tertiary/aromatic N) is 3. The number of aromatic nitrogens is 2. The maximum absolute atomic E-state index is 12.2. The van der Waals surface area contributed by atoms with Crippen molar-refractivity contribution in [1.29, 1.82) is 0 Å². The Hall–Kier alpha value is -1.40. The van der Waals surface area contributed by atoms with Crippen molar-refractivity contribution in [1.82, 2.24) is 14.7 Å². The molecule has 1 aliphatic rings. The third kappa shape index (κ3) is 3.83. The van der Waals surface area contributed by atoms with E-state index in [1.165, 1.54) is 5.56 Å². The average molecular weight is 295 g/mol. The van der Waals surface area contributed by atoms with Gasteiger partial charge in [0.2, 0.25) is 5.91 Å². The summed E-state index contributed by atoms with van der Waals surface area (Å²) >= 11 is 0. The van der Waals surface area contributed by atoms with Crippen LogP contribution in [-0.2, 0) is 27.4 Å². The number of carbonyl (C=O) groups excluding carboxylic acids is 1. The summed E-state index contributed by atoms with van der Waals surface area (Å²) in [5.74, 6) is 0.217. The number of carbonyl (C=O) groups is 1. The Morgan fingerprint density at radius 2 is 2.10 bits per heavy atom. The van der Waals surface area contributed by atoms with E-state index < -0.39 is 0 Å². The van der Waals surface area contributed by atoms with Crippen molar-refractivity contribution in [3.63, 3.8) is 0 Å². The molecule has 6 heteroatoms. The molecule has 2 rings (SSSR count). The molecular weight excluding hydrogens is 270 g/mol. The zero-order valence-electron chi connectivity index (χ0n) is 13.2. The quantitative estimate of drug-likeness (QED) is 0.763. The molecule has 0 spiro atoms. The standard InChI is InChI=1S/C15H25N3O3/c1-4-18-8-13-12(10-20-5-2)7-17(9-14(13)16-18)15(19)11-21-6-3/h8,12H,4-7,9-11H2,1-3H3/t12-/m0/s1. The van der Waals surface area contributed by atoms with E-state index in [9.17, 15) is 4.79 Å². The molecule has 0 unspecified atom stereocenters. The maximum Gasteiger partial charge on any atom is 0.248 e. The van der Waals surface area contributed by atoms with Gasteiger partial charge in [-0.15, -0.1) is 0 Å². The van der Waals surface area contributed by atoms with Gasteiger partial charge in [0, 0.05) is 44.0 Å². The highest BCUT2D eigenvalue weighted by Crippen LogP contribution is 2.28. The molecule has 21 heavy (non-hydrogen) atoms. The predicted molar refractivity (Wildman–Crippen MR) is 79.0 cm³/mol. The summed E-state index contributed by atoms with van der Waals surface area (Å²) in [4.78, 5) is 14.0. The van der Waals surface area contributed by atoms with Crippen molar-refractivity contribution >= 4 is 5.91 Å². The molecule has 118 valence electrons. The minimum Gasteiger partial charge on any atom is -0.381 e. The number of rotatable bonds is 7. The van der Waals surface area contributed by atoms with Crippen LogP contribution in [-0.4, -0.2) is 53.6 Å². The van der Waals surface area contributed by atoms with Crippen LogP contribution in [0.4, 0.5) is 0 Å². The first-order valence-electron chi connectivity index (χ1n) is 7.69. The summed E-state index contributed by atoms with van der Waals surface area (Å²) in [5, 5.41) is 4.57. The molecule has 2 heterocycles. The Morgan fingerprint density at radius 3 is 2.76 bits per heavy atom. The Labute approximate surface area is 126 Å². The summed E-state index contributed by atoms with van der Waals surface area (Å²) in [6.07, 6.45) is 2.09. The second kappa shape index (κ2) is 7.56. The monoisotopic (exact) mass is 295 g/mol. The Bertz CT molecular complexity index is 473. The third-order valence-corrected chi connectivity index (χ3v) is 3.72. The van der Waals surface area contributed by atoms with Crippen LogP contribution in [0.3, 0.4) is 0 Å². The molecule has 0 aliphatic carbocycles. The molecule has 1 aromatic rings. The van der Waals surface area contributed by atoms with Gasteiger partial charge in [-0.2, -0.15) is 5.10 Å². The Kier molecular flexibility index (Phi) is 5.76. The fourth-order valence-corrected chi connectivity index (χ4v) is 2.59. The first-order chi connectivity index (χ1) is 10.2. The van der Waals surface area contributed by atoms with Crippen LogP contribution in [0.5, 0.6) is 0 Å². The van der Waals surface area contributed by atoms with E-state index in [1.807, 2.05) is 23.4 Å². The lowest BCUT2D eigenvalue weighted by Gasteiger charge is -2.31. The molecule has 0 radical (unpaired) electrons. The minimum atomic E-state index is 0.0232. The molecule has 6 nitrogen and oxygen atoms in total. The molecule has 1 atom stereocenters. The number of hydrogen-bond acceptors (Lipinski definition) is 4. The summed E-state index contributed by atoms with van der Waals surface area (Å²) < 4.78 is 12.7. The largest absolute Gasteiger partial charge is 0.381 e. The highest BCUT2D eigenvalue weighted by atomic mass is 16.5. The molecule has 0 saturated carbocycles. The van der Waals surface area contributed by atoms with Crippen molar-refractivity contribution in [3.05, 3.63) is 17.5 Å². The van der Waals surface area contributed by atoms with E-state index in [2.05, 4.69) is 18.2 Å². The number of hydrogen-bond donors (Lipinski definition) is 0. The smallest absolute Gasteiger partial charge is 0.248 e. The lowest BCUT2D eigenvalue weighted by Crippen LogP contribution is -2.41. The van der Waals surface area contributed by atoms with Crippen LogP contribution in [0.15, 0.2) is 6.20 Å². The molecular formula is C15H25N3O3. The summed E-state index contributed by atoms with van der Waals surface area (Å²) in [7, 11) is 0. The van der Waals surface area contributed by atoms with E-state index in [0.717, 1.165) is 12.2 Å². The maximum atomic E-state index is 12.2. The van der Waals surface area contributed by atoms with Crippen molar-refractivity contribution in [3.8, 4) is 0 Å². The van der Waals surface area contributed by atoms with Gasteiger partial charge in [0.05, 0.1) is 18.8 Å². The van der Waals surface area contributed by atoms with E-state index in [-0.39, 0.29) is 18.4 Å². The SMILES string of the molecule is CCOCC(=O)N1Cc2nn(CC)cc2[C@H](COCC)C1. The van der Waals surface area contributed by atoms with E-state index in [0.29, 0.717) is 32.9 Å². The Balaban J connectivity index is 2.13. The van der Waals surface area contributed by atoms with Crippen LogP contribution in [0, 0.1) is 0 Å². The molecule has 1 amide bonds. The molecule has 0 fully saturated rings. The van der Waals surface area contributed by atoms with Crippen LogP contribution in [0.25, 0.3) is 0 Å². The molecule has 0 aromatic carbocycles. The zero-order valence-corrected chi connectivity index (χ0v) is 13.2. The average Bonchev–Trinajstić information content (AvgIpc) is 2.93. The summed E-state index contributed by atoms with van der Waals surface area (Å²) in [5.41, 5.74) is 2.20. The molecule has 0 N–H and O–H groups in total. The van der Waals surface area contributed by atoms with Gasteiger partial charge in [0.1, 0.15) is 6.61 Å². The molecule has 1 aromatic heterocycles. The number of fused-ring (bicyclic) bond motifs is 1. The lowest BCUT2D eigenvalue weighted by atomic mass is 9.95. The number of ether oxygens (including phenoxy) is 2. The molecule has 0 bridgehead atoms. The number of aryl methyl sites for hydroxylation is 1. The normalized spacial score (nSPS) is 17.9. The van der Waals surface area contributed by atoms with Gasteiger partial charge in [0.25, 0.3) is 0 Å². The van der Waals surface area contributed by atoms with Gasteiger partial charge in [0.15, 0.2) is 0 Å². The minimum absolute atomic E-state index is 0.0232. The first kappa shape index (κ1) is 16.0. The van der Waals surface area contributed by atoms with Gasteiger partial charge in [-0.25, -0.2) is 0 Å². The van der Waals surface area contributed by atoms with Crippen molar-refractivity contribution < 1.29 is 14.3 Å². The summed E-state index contributed by atoms with van der Waals surface area (Å²) in [6.45, 7) is 10.0. The van der Waals surface area contributed by atoms with Crippen LogP contribution >= 0.6 is 0 Å². The molecule has 0 saturated heterocycles. The molecule has 1 aliphatic heterocycles. The fourth-order valence-electron chi connectivity index (χ4n) is 2.59. The van der Waals surface area contributed by atoms with Gasteiger partial charge >= 0.3 is 0 Å². The highest BCUT2D eigenvalue weighted by Gasteiger charge is 2.30. The van der Waals surface area contributed by atoms with Gasteiger partial charge in [-0.3, -0.25) is 9.48 Å². The van der Waals surface area contributed by atoms with E-state index in [1.54, 1.807) is 0 Å². The van der Waals surface area contributed by atoms with E-state index in [4.69, 9.17) is 9.47 Å². The summed E-state index contributed by atoms with van der Waals surface area (Å²) in [6, 6.07) is 0. The van der Waals surface area contributed by atoms with Crippen molar-refractivity contribution in [2.75, 3.05) is 33.0 Å². The lowest BCUT2D eigenvalue weighted by molar-refractivity contribution is -0.137. The third-order valence-electron chi connectivity index (χ3n) is 3.72. The van der Waals surface area contributed by atoms with Gasteiger partial charge in [-0.05, 0) is 20.8 Å². The van der Waals surface area contributed by atoms with Gasteiger partial charge < -0.3 is 14.4 Å². The van der Waals surface area contributed by atoms with Crippen LogP contribution in [0.2, 0.25) is 0 Å². The topological polar surface area (TPSA) is 56.6 Å². The second-order valence-corrected chi connectivity index (χ2v) is 5.15. The van der Waals surface area contributed by atoms with Gasteiger partial charge in [-0.1, -0.05) is 0 Å². The van der Waals surface area contributed by atoms with Crippen molar-refractivity contribution in [2.45, 2.75) is 39.8 Å². The van der Waals surface area contributed by atoms with E-state index >= 15 is 0 Å². The fraction of sp³-hybridized carbons (Fsp3) is 0.733. The Morgan fingerprint density at radius 1 is 1.33 bits per heavy atom. The highest BCUT2D eigenvalue weighted by molar-refractivity contribution is 5.77. The zero-order chi connectivity index (χ0) is 15.2. The predicted octanol–water partition coefficient (Wildman–Crippen LogP) is 1.40. The van der Waals surface area contributed by atoms with Crippen LogP contribution < -0.4 is 0 Å².